The predicted octanol–water partition coefficient (Wildman–Crippen LogP) is 4.02. The minimum Gasteiger partial charge on any atom is -0.496 e. The van der Waals surface area contributed by atoms with E-state index in [1.165, 1.54) is 42.4 Å². The molecule has 84 valence electrons. The van der Waals surface area contributed by atoms with Crippen molar-refractivity contribution in [1.29, 1.82) is 0 Å². The second kappa shape index (κ2) is 3.65. The first-order valence-electron chi connectivity index (χ1n) is 6.20. The van der Waals surface area contributed by atoms with Gasteiger partial charge in [-0.15, -0.1) is 0 Å². The van der Waals surface area contributed by atoms with Gasteiger partial charge in [0.2, 0.25) is 0 Å². The molecule has 3 rings (SSSR count). The van der Waals surface area contributed by atoms with Crippen LogP contribution in [0.2, 0.25) is 0 Å². The zero-order valence-corrected chi connectivity index (χ0v) is 9.83. The number of ether oxygens (including phenoxy) is 1. The molecule has 1 saturated carbocycles. The summed E-state index contributed by atoms with van der Waals surface area (Å²) in [5.41, 5.74) is 4.68. The van der Waals surface area contributed by atoms with Crippen molar-refractivity contribution in [3.63, 3.8) is 0 Å². The summed E-state index contributed by atoms with van der Waals surface area (Å²) in [6.45, 7) is 3.15. The largest absolute Gasteiger partial charge is 0.496 e. The van der Waals surface area contributed by atoms with E-state index in [0.717, 1.165) is 6.61 Å². The fourth-order valence-electron chi connectivity index (χ4n) is 3.14. The van der Waals surface area contributed by atoms with Gasteiger partial charge in [0.1, 0.15) is 6.61 Å². The highest BCUT2D eigenvalue weighted by Gasteiger charge is 2.32. The van der Waals surface area contributed by atoms with Gasteiger partial charge in [-0.25, -0.2) is 0 Å². The molecule has 0 N–H and O–H groups in total. The van der Waals surface area contributed by atoms with Crippen LogP contribution in [0.1, 0.15) is 49.3 Å². The molecule has 0 unspecified atom stereocenters. The lowest BCUT2D eigenvalue weighted by Crippen LogP contribution is -2.19. The van der Waals surface area contributed by atoms with E-state index >= 15 is 0 Å². The Kier molecular flexibility index (Phi) is 2.27. The molecule has 1 aromatic rings. The van der Waals surface area contributed by atoms with Crippen LogP contribution in [0, 0.1) is 0 Å². The first-order chi connectivity index (χ1) is 7.80. The number of hydrogen-bond acceptors (Lipinski definition) is 1. The van der Waals surface area contributed by atoms with Crippen LogP contribution in [0.5, 0.6) is 0 Å². The quantitative estimate of drug-likeness (QED) is 0.686. The van der Waals surface area contributed by atoms with Crippen LogP contribution in [0.4, 0.5) is 0 Å². The van der Waals surface area contributed by atoms with Gasteiger partial charge < -0.3 is 4.74 Å². The van der Waals surface area contributed by atoms with Crippen LogP contribution in [-0.4, -0.2) is 0 Å². The Bertz CT molecular complexity index is 425. The molecule has 1 aromatic carbocycles. The van der Waals surface area contributed by atoms with Gasteiger partial charge in [-0.3, -0.25) is 0 Å². The third kappa shape index (κ3) is 1.46. The average Bonchev–Trinajstić information content (AvgIpc) is 2.77. The lowest BCUT2D eigenvalue weighted by molar-refractivity contribution is 0.234. The maximum atomic E-state index is 5.37. The maximum Gasteiger partial charge on any atom is 0.113 e. The first kappa shape index (κ1) is 9.95. The van der Waals surface area contributed by atoms with E-state index < -0.39 is 0 Å². The number of rotatable bonds is 1. The molecule has 1 fully saturated rings. The highest BCUT2D eigenvalue weighted by molar-refractivity contribution is 5.60. The minimum absolute atomic E-state index is 0.396. The molecule has 1 aliphatic heterocycles. The van der Waals surface area contributed by atoms with Crippen molar-refractivity contribution < 1.29 is 4.74 Å². The van der Waals surface area contributed by atoms with Gasteiger partial charge in [0.05, 0.1) is 6.26 Å². The van der Waals surface area contributed by atoms with E-state index in [0.29, 0.717) is 5.41 Å². The Labute approximate surface area is 97.1 Å². The molecule has 0 spiro atoms. The number of hydrogen-bond donors (Lipinski definition) is 0. The summed E-state index contributed by atoms with van der Waals surface area (Å²) in [5, 5.41) is 0. The van der Waals surface area contributed by atoms with E-state index in [2.05, 4.69) is 31.2 Å². The van der Waals surface area contributed by atoms with E-state index in [1.54, 1.807) is 0 Å². The Morgan fingerprint density at radius 1 is 1.19 bits per heavy atom. The summed E-state index contributed by atoms with van der Waals surface area (Å²) in [5.74, 6) is 0. The third-order valence-electron chi connectivity index (χ3n) is 4.12. The zero-order chi connectivity index (χ0) is 11.0. The molecular formula is C15H18O. The molecule has 1 heteroatoms. The smallest absolute Gasteiger partial charge is 0.113 e. The number of benzene rings is 1. The van der Waals surface area contributed by atoms with Crippen LogP contribution in [0.3, 0.4) is 0 Å². The van der Waals surface area contributed by atoms with Gasteiger partial charge >= 0.3 is 0 Å². The van der Waals surface area contributed by atoms with Crippen LogP contribution >= 0.6 is 0 Å². The van der Waals surface area contributed by atoms with E-state index in [9.17, 15) is 0 Å². The Hall–Kier alpha value is -1.24. The summed E-state index contributed by atoms with van der Waals surface area (Å²) in [6, 6.07) is 6.67. The van der Waals surface area contributed by atoms with Crippen molar-refractivity contribution in [1.82, 2.24) is 0 Å². The second-order valence-electron chi connectivity index (χ2n) is 5.26. The second-order valence-corrected chi connectivity index (χ2v) is 5.26. The van der Waals surface area contributed by atoms with Crippen molar-refractivity contribution in [2.75, 3.05) is 0 Å². The first-order valence-corrected chi connectivity index (χ1v) is 6.20. The van der Waals surface area contributed by atoms with E-state index in [4.69, 9.17) is 4.74 Å². The molecule has 0 aromatic heterocycles. The fraction of sp³-hybridized carbons (Fsp3) is 0.467. The molecule has 0 bridgehead atoms. The van der Waals surface area contributed by atoms with Crippen LogP contribution in [0.15, 0.2) is 24.5 Å². The van der Waals surface area contributed by atoms with E-state index in [1.807, 2.05) is 6.26 Å². The Morgan fingerprint density at radius 2 is 2.00 bits per heavy atom. The third-order valence-corrected chi connectivity index (χ3v) is 4.12. The average molecular weight is 214 g/mol. The van der Waals surface area contributed by atoms with Crippen molar-refractivity contribution in [2.24, 2.45) is 0 Å². The normalized spacial score (nSPS) is 21.6. The summed E-state index contributed by atoms with van der Waals surface area (Å²) < 4.78 is 5.37. The van der Waals surface area contributed by atoms with Crippen molar-refractivity contribution in [3.05, 3.63) is 41.2 Å². The highest BCUT2D eigenvalue weighted by atomic mass is 16.5. The van der Waals surface area contributed by atoms with Gasteiger partial charge in [-0.05, 0) is 41.0 Å². The highest BCUT2D eigenvalue weighted by Crippen LogP contribution is 2.43. The summed E-state index contributed by atoms with van der Waals surface area (Å²) in [4.78, 5) is 0. The molecule has 0 atom stereocenters. The van der Waals surface area contributed by atoms with Gasteiger partial charge in [0.15, 0.2) is 0 Å². The SMILES string of the molecule is CC1(c2cccc3c2C=COC3)CCCC1. The lowest BCUT2D eigenvalue weighted by atomic mass is 9.77. The van der Waals surface area contributed by atoms with Gasteiger partial charge in [-0.2, -0.15) is 0 Å². The molecule has 2 aliphatic rings. The van der Waals surface area contributed by atoms with Crippen LogP contribution in [0.25, 0.3) is 6.08 Å². The standard InChI is InChI=1S/C15H18O/c1-15(8-2-3-9-15)14-6-4-5-12-11-16-10-7-13(12)14/h4-7,10H,2-3,8-9,11H2,1H3. The van der Waals surface area contributed by atoms with E-state index in [-0.39, 0.29) is 0 Å². The molecule has 0 radical (unpaired) electrons. The van der Waals surface area contributed by atoms with Crippen molar-refractivity contribution in [3.8, 4) is 0 Å². The van der Waals surface area contributed by atoms with Gasteiger partial charge in [0, 0.05) is 0 Å². The van der Waals surface area contributed by atoms with Crippen molar-refractivity contribution >= 4 is 6.08 Å². The van der Waals surface area contributed by atoms with Crippen LogP contribution in [-0.2, 0) is 16.8 Å². The summed E-state index contributed by atoms with van der Waals surface area (Å²) >= 11 is 0. The molecule has 0 amide bonds. The molecule has 1 aliphatic carbocycles. The van der Waals surface area contributed by atoms with Crippen molar-refractivity contribution in [2.45, 2.75) is 44.6 Å². The predicted molar refractivity (Wildman–Crippen MR) is 66.1 cm³/mol. The number of fused-ring (bicyclic) bond motifs is 1. The minimum atomic E-state index is 0.396. The Morgan fingerprint density at radius 3 is 2.81 bits per heavy atom. The van der Waals surface area contributed by atoms with Gasteiger partial charge in [-0.1, -0.05) is 38.0 Å². The molecule has 1 nitrogen and oxygen atoms in total. The molecule has 0 saturated heterocycles. The zero-order valence-electron chi connectivity index (χ0n) is 9.83. The Balaban J connectivity index is 2.11. The van der Waals surface area contributed by atoms with Crippen LogP contribution < -0.4 is 0 Å². The summed E-state index contributed by atoms with van der Waals surface area (Å²) in [7, 11) is 0. The monoisotopic (exact) mass is 214 g/mol. The van der Waals surface area contributed by atoms with Gasteiger partial charge in [0.25, 0.3) is 0 Å². The molecule has 16 heavy (non-hydrogen) atoms. The fourth-order valence-corrected chi connectivity index (χ4v) is 3.14. The molecule has 1 heterocycles. The maximum absolute atomic E-state index is 5.37. The topological polar surface area (TPSA) is 9.23 Å². The lowest BCUT2D eigenvalue weighted by Gasteiger charge is -2.28. The molecular weight excluding hydrogens is 196 g/mol. The summed E-state index contributed by atoms with van der Waals surface area (Å²) in [6.07, 6.45) is 9.39.